The maximum atomic E-state index is 3.22. The van der Waals surface area contributed by atoms with Gasteiger partial charge in [-0.3, -0.25) is 0 Å². The average molecular weight is 202 g/mol. The van der Waals surface area contributed by atoms with E-state index < -0.39 is 0 Å². The van der Waals surface area contributed by atoms with Crippen molar-refractivity contribution < 1.29 is 0 Å². The number of nitrogens with one attached hydrogen (secondary N) is 1. The Morgan fingerprint density at radius 1 is 1.27 bits per heavy atom. The van der Waals surface area contributed by atoms with Crippen molar-refractivity contribution in [3.05, 3.63) is 35.0 Å². The molecule has 1 heterocycles. The lowest BCUT2D eigenvalue weighted by atomic mass is 10.1. The molecule has 0 saturated carbocycles. The van der Waals surface area contributed by atoms with Crippen LogP contribution in [-0.4, -0.2) is 11.6 Å². The normalized spacial score (nSPS) is 11.2. The van der Waals surface area contributed by atoms with Crippen LogP contribution in [0.2, 0.25) is 0 Å². The summed E-state index contributed by atoms with van der Waals surface area (Å²) in [5.41, 5.74) is 5.42. The summed E-state index contributed by atoms with van der Waals surface area (Å²) in [5.74, 6) is 0. The standard InChI is InChI=1S/C13H18N2/c1-9-5-10(2)13-12(6-9)11(7-14-3)8-15(13)4/h5-6,8,14H,7H2,1-4H3. The van der Waals surface area contributed by atoms with Crippen LogP contribution in [0.4, 0.5) is 0 Å². The largest absolute Gasteiger partial charge is 0.350 e. The molecule has 0 unspecified atom stereocenters. The van der Waals surface area contributed by atoms with Crippen molar-refractivity contribution in [2.45, 2.75) is 20.4 Å². The summed E-state index contributed by atoms with van der Waals surface area (Å²) in [6.07, 6.45) is 2.22. The molecule has 0 aliphatic heterocycles. The van der Waals surface area contributed by atoms with Crippen molar-refractivity contribution in [3.8, 4) is 0 Å². The molecule has 0 saturated heterocycles. The molecule has 2 heteroatoms. The lowest BCUT2D eigenvalue weighted by molar-refractivity contribution is 0.815. The highest BCUT2D eigenvalue weighted by molar-refractivity contribution is 5.87. The Morgan fingerprint density at radius 3 is 2.67 bits per heavy atom. The van der Waals surface area contributed by atoms with Crippen LogP contribution in [0.3, 0.4) is 0 Å². The Hall–Kier alpha value is -1.28. The predicted molar refractivity (Wildman–Crippen MR) is 65.2 cm³/mol. The van der Waals surface area contributed by atoms with Gasteiger partial charge in [0.05, 0.1) is 5.52 Å². The van der Waals surface area contributed by atoms with Gasteiger partial charge in [-0.15, -0.1) is 0 Å². The van der Waals surface area contributed by atoms with Gasteiger partial charge in [0.25, 0.3) is 0 Å². The maximum absolute atomic E-state index is 3.22. The van der Waals surface area contributed by atoms with Crippen LogP contribution in [0.25, 0.3) is 10.9 Å². The van der Waals surface area contributed by atoms with Crippen molar-refractivity contribution in [1.82, 2.24) is 9.88 Å². The fourth-order valence-corrected chi connectivity index (χ4v) is 2.37. The van der Waals surface area contributed by atoms with Crippen LogP contribution >= 0.6 is 0 Å². The number of benzene rings is 1. The molecule has 2 aromatic rings. The van der Waals surface area contributed by atoms with E-state index in [9.17, 15) is 0 Å². The van der Waals surface area contributed by atoms with Crippen molar-refractivity contribution in [2.24, 2.45) is 7.05 Å². The van der Waals surface area contributed by atoms with E-state index in [1.807, 2.05) is 7.05 Å². The first-order valence-corrected chi connectivity index (χ1v) is 5.33. The summed E-state index contributed by atoms with van der Waals surface area (Å²) in [5, 5.41) is 4.59. The molecule has 2 rings (SSSR count). The van der Waals surface area contributed by atoms with E-state index in [2.05, 4.69) is 49.1 Å². The third-order valence-corrected chi connectivity index (χ3v) is 2.86. The summed E-state index contributed by atoms with van der Waals surface area (Å²) in [4.78, 5) is 0. The molecule has 0 atom stereocenters. The van der Waals surface area contributed by atoms with E-state index in [0.717, 1.165) is 6.54 Å². The molecule has 0 amide bonds. The van der Waals surface area contributed by atoms with Gasteiger partial charge in [-0.1, -0.05) is 11.6 Å². The lowest BCUT2D eigenvalue weighted by Gasteiger charge is -2.03. The van der Waals surface area contributed by atoms with Gasteiger partial charge in [-0.25, -0.2) is 0 Å². The first kappa shape index (κ1) is 10.2. The molecule has 1 N–H and O–H groups in total. The van der Waals surface area contributed by atoms with Crippen LogP contribution in [0, 0.1) is 13.8 Å². The molecular formula is C13H18N2. The van der Waals surface area contributed by atoms with E-state index in [1.54, 1.807) is 0 Å². The molecular weight excluding hydrogens is 184 g/mol. The maximum Gasteiger partial charge on any atom is 0.0510 e. The number of fused-ring (bicyclic) bond motifs is 1. The van der Waals surface area contributed by atoms with Gasteiger partial charge in [0, 0.05) is 25.2 Å². The average Bonchev–Trinajstić information content (AvgIpc) is 2.43. The minimum Gasteiger partial charge on any atom is -0.350 e. The van der Waals surface area contributed by atoms with Crippen LogP contribution in [0.5, 0.6) is 0 Å². The number of rotatable bonds is 2. The minimum absolute atomic E-state index is 0.931. The Bertz CT molecular complexity index is 495. The van der Waals surface area contributed by atoms with Crippen LogP contribution in [0.1, 0.15) is 16.7 Å². The summed E-state index contributed by atoms with van der Waals surface area (Å²) in [6.45, 7) is 5.27. The Morgan fingerprint density at radius 2 is 2.00 bits per heavy atom. The summed E-state index contributed by atoms with van der Waals surface area (Å²) in [7, 11) is 4.10. The second-order valence-electron chi connectivity index (χ2n) is 4.27. The fourth-order valence-electron chi connectivity index (χ4n) is 2.37. The fraction of sp³-hybridized carbons (Fsp3) is 0.385. The predicted octanol–water partition coefficient (Wildman–Crippen LogP) is 2.51. The van der Waals surface area contributed by atoms with Crippen LogP contribution in [-0.2, 0) is 13.6 Å². The number of aromatic nitrogens is 1. The second-order valence-corrected chi connectivity index (χ2v) is 4.27. The number of aryl methyl sites for hydroxylation is 3. The second kappa shape index (κ2) is 3.70. The molecule has 15 heavy (non-hydrogen) atoms. The van der Waals surface area contributed by atoms with E-state index in [1.165, 1.54) is 27.6 Å². The molecule has 80 valence electrons. The molecule has 0 radical (unpaired) electrons. The summed E-state index contributed by atoms with van der Waals surface area (Å²) < 4.78 is 2.22. The molecule has 0 spiro atoms. The highest BCUT2D eigenvalue weighted by atomic mass is 14.9. The molecule has 0 bridgehead atoms. The van der Waals surface area contributed by atoms with Crippen molar-refractivity contribution >= 4 is 10.9 Å². The van der Waals surface area contributed by atoms with Crippen molar-refractivity contribution in [1.29, 1.82) is 0 Å². The van der Waals surface area contributed by atoms with Gasteiger partial charge in [0.2, 0.25) is 0 Å². The molecule has 2 nitrogen and oxygen atoms in total. The monoisotopic (exact) mass is 202 g/mol. The van der Waals surface area contributed by atoms with Gasteiger partial charge in [0.1, 0.15) is 0 Å². The van der Waals surface area contributed by atoms with Gasteiger partial charge in [0.15, 0.2) is 0 Å². The highest BCUT2D eigenvalue weighted by Gasteiger charge is 2.08. The van der Waals surface area contributed by atoms with Gasteiger partial charge in [-0.2, -0.15) is 0 Å². The Kier molecular flexibility index (Phi) is 2.53. The molecule has 0 aliphatic carbocycles. The zero-order valence-corrected chi connectivity index (χ0v) is 9.89. The van der Waals surface area contributed by atoms with Crippen LogP contribution < -0.4 is 5.32 Å². The lowest BCUT2D eigenvalue weighted by Crippen LogP contribution is -2.04. The third-order valence-electron chi connectivity index (χ3n) is 2.86. The molecule has 1 aromatic heterocycles. The zero-order valence-electron chi connectivity index (χ0n) is 9.89. The van der Waals surface area contributed by atoms with Crippen LogP contribution in [0.15, 0.2) is 18.3 Å². The van der Waals surface area contributed by atoms with E-state index in [0.29, 0.717) is 0 Å². The van der Waals surface area contributed by atoms with Crippen molar-refractivity contribution in [2.75, 3.05) is 7.05 Å². The summed E-state index contributed by atoms with van der Waals surface area (Å²) in [6, 6.07) is 4.51. The van der Waals surface area contributed by atoms with E-state index >= 15 is 0 Å². The first-order chi connectivity index (χ1) is 7.13. The summed E-state index contributed by atoms with van der Waals surface area (Å²) >= 11 is 0. The SMILES string of the molecule is CNCc1cn(C)c2c(C)cc(C)cc12. The van der Waals surface area contributed by atoms with E-state index in [-0.39, 0.29) is 0 Å². The number of hydrogen-bond acceptors (Lipinski definition) is 1. The number of hydrogen-bond donors (Lipinski definition) is 1. The quantitative estimate of drug-likeness (QED) is 0.791. The first-order valence-electron chi connectivity index (χ1n) is 5.33. The molecule has 0 aliphatic rings. The van der Waals surface area contributed by atoms with Gasteiger partial charge >= 0.3 is 0 Å². The Balaban J connectivity index is 2.75. The van der Waals surface area contributed by atoms with E-state index in [4.69, 9.17) is 0 Å². The molecule has 1 aromatic carbocycles. The molecule has 0 fully saturated rings. The topological polar surface area (TPSA) is 17.0 Å². The number of nitrogens with zero attached hydrogens (tertiary/aromatic N) is 1. The highest BCUT2D eigenvalue weighted by Crippen LogP contribution is 2.25. The third kappa shape index (κ3) is 1.65. The smallest absolute Gasteiger partial charge is 0.0510 e. The zero-order chi connectivity index (χ0) is 11.0. The van der Waals surface area contributed by atoms with Crippen molar-refractivity contribution in [3.63, 3.8) is 0 Å². The Labute approximate surface area is 90.9 Å². The van der Waals surface area contributed by atoms with Gasteiger partial charge < -0.3 is 9.88 Å². The minimum atomic E-state index is 0.931. The van der Waals surface area contributed by atoms with Gasteiger partial charge in [-0.05, 0) is 38.1 Å².